The van der Waals surface area contributed by atoms with Crippen LogP contribution in [0.3, 0.4) is 0 Å². The summed E-state index contributed by atoms with van der Waals surface area (Å²) in [7, 11) is 5.82. The van der Waals surface area contributed by atoms with E-state index in [-0.39, 0.29) is 5.91 Å². The van der Waals surface area contributed by atoms with Crippen molar-refractivity contribution in [2.45, 2.75) is 32.1 Å². The maximum atomic E-state index is 12.4. The topological polar surface area (TPSA) is 44.8 Å². The summed E-state index contributed by atoms with van der Waals surface area (Å²) in [6, 6.07) is 0. The number of ether oxygens (including phenoxy) is 1. The molecule has 5 heteroatoms. The Morgan fingerprint density at radius 3 is 2.71 bits per heavy atom. The molecule has 0 radical (unpaired) electrons. The number of rotatable bonds is 10. The second-order valence-corrected chi connectivity index (χ2v) is 6.28. The van der Waals surface area contributed by atoms with Crippen LogP contribution in [0.1, 0.15) is 32.1 Å². The summed E-state index contributed by atoms with van der Waals surface area (Å²) in [4.78, 5) is 16.5. The standard InChI is InChI=1S/C16H33N3O2/c1-18(2)10-5-11-19(12-13-21-3)16(20)8-7-15-6-4-9-17-14-15/h15,17H,4-14H2,1-3H3. The molecule has 1 saturated heterocycles. The number of piperidine rings is 1. The van der Waals surface area contributed by atoms with Crippen LogP contribution in [-0.2, 0) is 9.53 Å². The predicted octanol–water partition coefficient (Wildman–Crippen LogP) is 1.19. The quantitative estimate of drug-likeness (QED) is 0.658. The lowest BCUT2D eigenvalue weighted by Gasteiger charge is -2.26. The van der Waals surface area contributed by atoms with Gasteiger partial charge in [0.05, 0.1) is 6.61 Å². The SMILES string of the molecule is COCCN(CCCN(C)C)C(=O)CCC1CCCNC1. The van der Waals surface area contributed by atoms with Gasteiger partial charge in [0.2, 0.25) is 5.91 Å². The summed E-state index contributed by atoms with van der Waals surface area (Å²) in [5, 5.41) is 3.42. The van der Waals surface area contributed by atoms with Crippen LogP contribution in [0.25, 0.3) is 0 Å². The Morgan fingerprint density at radius 1 is 1.29 bits per heavy atom. The number of methoxy groups -OCH3 is 1. The molecule has 0 aromatic rings. The monoisotopic (exact) mass is 299 g/mol. The van der Waals surface area contributed by atoms with E-state index in [4.69, 9.17) is 4.74 Å². The van der Waals surface area contributed by atoms with Crippen molar-refractivity contribution in [3.8, 4) is 0 Å². The van der Waals surface area contributed by atoms with Crippen molar-refractivity contribution in [3.05, 3.63) is 0 Å². The van der Waals surface area contributed by atoms with Gasteiger partial charge in [-0.15, -0.1) is 0 Å². The number of hydrogen-bond donors (Lipinski definition) is 1. The highest BCUT2D eigenvalue weighted by Gasteiger charge is 2.17. The third-order valence-electron chi connectivity index (χ3n) is 4.12. The molecule has 0 aromatic carbocycles. The molecule has 124 valence electrons. The van der Waals surface area contributed by atoms with Crippen LogP contribution in [0.5, 0.6) is 0 Å². The lowest BCUT2D eigenvalue weighted by molar-refractivity contribution is -0.132. The Hall–Kier alpha value is -0.650. The minimum Gasteiger partial charge on any atom is -0.383 e. The van der Waals surface area contributed by atoms with Gasteiger partial charge in [0.15, 0.2) is 0 Å². The molecule has 0 aliphatic carbocycles. The van der Waals surface area contributed by atoms with Crippen LogP contribution < -0.4 is 5.32 Å². The van der Waals surface area contributed by atoms with Crippen molar-refractivity contribution in [2.24, 2.45) is 5.92 Å². The number of nitrogens with zero attached hydrogens (tertiary/aromatic N) is 2. The third kappa shape index (κ3) is 8.39. The van der Waals surface area contributed by atoms with Crippen LogP contribution in [0, 0.1) is 5.92 Å². The smallest absolute Gasteiger partial charge is 0.222 e. The van der Waals surface area contributed by atoms with Gasteiger partial charge >= 0.3 is 0 Å². The summed E-state index contributed by atoms with van der Waals surface area (Å²) in [6.45, 7) is 5.40. The maximum absolute atomic E-state index is 12.4. The van der Waals surface area contributed by atoms with E-state index in [1.54, 1.807) is 7.11 Å². The van der Waals surface area contributed by atoms with E-state index in [1.807, 2.05) is 4.90 Å². The van der Waals surface area contributed by atoms with Crippen LogP contribution >= 0.6 is 0 Å². The van der Waals surface area contributed by atoms with Crippen molar-refractivity contribution in [2.75, 3.05) is 60.5 Å². The molecular weight excluding hydrogens is 266 g/mol. The molecule has 1 aliphatic rings. The normalized spacial score (nSPS) is 19.0. The van der Waals surface area contributed by atoms with Gasteiger partial charge in [-0.25, -0.2) is 0 Å². The molecule has 21 heavy (non-hydrogen) atoms. The Balaban J connectivity index is 2.30. The van der Waals surface area contributed by atoms with Gasteiger partial charge in [0.25, 0.3) is 0 Å². The fourth-order valence-electron chi connectivity index (χ4n) is 2.80. The molecule has 0 aromatic heterocycles. The molecule has 5 nitrogen and oxygen atoms in total. The zero-order valence-corrected chi connectivity index (χ0v) is 14.1. The van der Waals surface area contributed by atoms with E-state index < -0.39 is 0 Å². The van der Waals surface area contributed by atoms with Crippen LogP contribution in [0.15, 0.2) is 0 Å². The summed E-state index contributed by atoms with van der Waals surface area (Å²) >= 11 is 0. The van der Waals surface area contributed by atoms with E-state index in [1.165, 1.54) is 12.8 Å². The average molecular weight is 299 g/mol. The fourth-order valence-corrected chi connectivity index (χ4v) is 2.80. The lowest BCUT2D eigenvalue weighted by Crippen LogP contribution is -2.37. The first-order chi connectivity index (χ1) is 10.1. The largest absolute Gasteiger partial charge is 0.383 e. The molecule has 1 rings (SSSR count). The number of hydrogen-bond acceptors (Lipinski definition) is 4. The Morgan fingerprint density at radius 2 is 2.10 bits per heavy atom. The van der Waals surface area contributed by atoms with Gasteiger partial charge in [0, 0.05) is 26.6 Å². The molecule has 1 unspecified atom stereocenters. The van der Waals surface area contributed by atoms with Gasteiger partial charge in [-0.05, 0) is 65.3 Å². The van der Waals surface area contributed by atoms with Crippen molar-refractivity contribution in [3.63, 3.8) is 0 Å². The molecule has 1 aliphatic heterocycles. The summed E-state index contributed by atoms with van der Waals surface area (Å²) in [5.41, 5.74) is 0. The molecule has 0 spiro atoms. The maximum Gasteiger partial charge on any atom is 0.222 e. The zero-order valence-electron chi connectivity index (χ0n) is 14.1. The first kappa shape index (κ1) is 18.4. The van der Waals surface area contributed by atoms with Gasteiger partial charge in [-0.2, -0.15) is 0 Å². The predicted molar refractivity (Wildman–Crippen MR) is 86.5 cm³/mol. The van der Waals surface area contributed by atoms with Gasteiger partial charge < -0.3 is 19.9 Å². The van der Waals surface area contributed by atoms with E-state index in [0.717, 1.165) is 39.0 Å². The van der Waals surface area contributed by atoms with Crippen molar-refractivity contribution in [1.82, 2.24) is 15.1 Å². The highest BCUT2D eigenvalue weighted by molar-refractivity contribution is 5.76. The highest BCUT2D eigenvalue weighted by Crippen LogP contribution is 2.16. The van der Waals surface area contributed by atoms with E-state index >= 15 is 0 Å². The second kappa shape index (κ2) is 11.0. The molecule has 0 bridgehead atoms. The number of carbonyl (C=O) groups is 1. The zero-order chi connectivity index (χ0) is 15.5. The molecule has 1 amide bonds. The summed E-state index contributed by atoms with van der Waals surface area (Å²) in [5.74, 6) is 0.963. The first-order valence-electron chi connectivity index (χ1n) is 8.25. The molecule has 0 saturated carbocycles. The minimum absolute atomic E-state index is 0.288. The first-order valence-corrected chi connectivity index (χ1v) is 8.25. The van der Waals surface area contributed by atoms with Crippen LogP contribution in [-0.4, -0.2) is 76.2 Å². The average Bonchev–Trinajstić information content (AvgIpc) is 2.49. The Kier molecular flexibility index (Phi) is 9.63. The summed E-state index contributed by atoms with van der Waals surface area (Å²) in [6.07, 6.45) is 5.22. The summed E-state index contributed by atoms with van der Waals surface area (Å²) < 4.78 is 5.13. The fraction of sp³-hybridized carbons (Fsp3) is 0.938. The molecule has 1 atom stereocenters. The van der Waals surface area contributed by atoms with Gasteiger partial charge in [-0.3, -0.25) is 4.79 Å². The number of amides is 1. The number of carbonyl (C=O) groups excluding carboxylic acids is 1. The Bertz CT molecular complexity index is 279. The van der Waals surface area contributed by atoms with Gasteiger partial charge in [0.1, 0.15) is 0 Å². The van der Waals surface area contributed by atoms with E-state index in [9.17, 15) is 4.79 Å². The molecule has 1 fully saturated rings. The van der Waals surface area contributed by atoms with Crippen LogP contribution in [0.2, 0.25) is 0 Å². The van der Waals surface area contributed by atoms with Crippen molar-refractivity contribution >= 4 is 5.91 Å². The number of nitrogens with one attached hydrogen (secondary N) is 1. The molecule has 1 N–H and O–H groups in total. The second-order valence-electron chi connectivity index (χ2n) is 6.28. The molecule has 1 heterocycles. The van der Waals surface area contributed by atoms with Gasteiger partial charge in [-0.1, -0.05) is 0 Å². The Labute approximate surface area is 130 Å². The lowest BCUT2D eigenvalue weighted by atomic mass is 9.94. The van der Waals surface area contributed by atoms with Crippen molar-refractivity contribution in [1.29, 1.82) is 0 Å². The highest BCUT2D eigenvalue weighted by atomic mass is 16.5. The van der Waals surface area contributed by atoms with E-state index in [2.05, 4.69) is 24.3 Å². The van der Waals surface area contributed by atoms with Crippen molar-refractivity contribution < 1.29 is 9.53 Å². The third-order valence-corrected chi connectivity index (χ3v) is 4.12. The van der Waals surface area contributed by atoms with Crippen LogP contribution in [0.4, 0.5) is 0 Å². The van der Waals surface area contributed by atoms with E-state index in [0.29, 0.717) is 25.5 Å². The minimum atomic E-state index is 0.288. The molecular formula is C16H33N3O2.